The average Bonchev–Trinajstić information content (AvgIpc) is 3.64. The Bertz CT molecular complexity index is 1230. The molecular formula is C19H20N8O5S4. The van der Waals surface area contributed by atoms with E-state index in [4.69, 9.17) is 10.6 Å². The monoisotopic (exact) mass is 568 g/mol. The summed E-state index contributed by atoms with van der Waals surface area (Å²) in [5.41, 5.74) is 6.05. The van der Waals surface area contributed by atoms with Gasteiger partial charge in [0.15, 0.2) is 9.47 Å². The molecule has 3 aliphatic rings. The van der Waals surface area contributed by atoms with E-state index in [0.29, 0.717) is 21.4 Å². The third-order valence-electron chi connectivity index (χ3n) is 5.71. The number of nitrogens with two attached hydrogens (primary N) is 1. The second kappa shape index (κ2) is 10.7. The van der Waals surface area contributed by atoms with E-state index in [1.54, 1.807) is 0 Å². The molecule has 5 rings (SSSR count). The van der Waals surface area contributed by atoms with Gasteiger partial charge in [0.1, 0.15) is 29.5 Å². The lowest BCUT2D eigenvalue weighted by molar-refractivity contribution is -0.150. The van der Waals surface area contributed by atoms with Crippen molar-refractivity contribution in [3.8, 4) is 0 Å². The van der Waals surface area contributed by atoms with Crippen molar-refractivity contribution in [1.82, 2.24) is 28.9 Å². The number of anilines is 1. The first-order chi connectivity index (χ1) is 17.4. The third-order valence-corrected chi connectivity index (χ3v) is 9.48. The fourth-order valence-corrected chi connectivity index (χ4v) is 7.38. The number of β-lactam (4-membered cyclic amide) rings is 1. The summed E-state index contributed by atoms with van der Waals surface area (Å²) in [6.07, 6.45) is 5.06. The summed E-state index contributed by atoms with van der Waals surface area (Å²) in [7, 11) is 0. The zero-order valence-corrected chi connectivity index (χ0v) is 21.8. The van der Waals surface area contributed by atoms with Crippen molar-refractivity contribution < 1.29 is 24.3 Å². The Kier molecular flexibility index (Phi) is 7.40. The molecule has 2 fully saturated rings. The number of carbonyl (C=O) groups is 3. The number of aliphatic carboxylic acids is 1. The van der Waals surface area contributed by atoms with Crippen LogP contribution in [-0.2, 0) is 19.2 Å². The van der Waals surface area contributed by atoms with Gasteiger partial charge >= 0.3 is 5.97 Å². The SMILES string of the molecule is Nc1nc(C(=NOC2CCCC2)C(=O)NC2C(=O)N3C(C(=O)O)=C(CSc4ncns4)CS[C@@H]23)ns1. The van der Waals surface area contributed by atoms with Gasteiger partial charge in [-0.2, -0.15) is 13.7 Å². The molecule has 0 radical (unpaired) electrons. The van der Waals surface area contributed by atoms with Gasteiger partial charge in [0.25, 0.3) is 11.8 Å². The highest BCUT2D eigenvalue weighted by molar-refractivity contribution is 8.01. The molecule has 2 amide bonds. The van der Waals surface area contributed by atoms with E-state index in [2.05, 4.69) is 29.2 Å². The molecule has 2 atom stereocenters. The van der Waals surface area contributed by atoms with E-state index in [-0.39, 0.29) is 28.5 Å². The highest BCUT2D eigenvalue weighted by Gasteiger charge is 2.54. The van der Waals surface area contributed by atoms with Crippen LogP contribution >= 0.6 is 46.6 Å². The highest BCUT2D eigenvalue weighted by Crippen LogP contribution is 2.41. The molecule has 1 saturated carbocycles. The van der Waals surface area contributed by atoms with Crippen molar-refractivity contribution >= 4 is 75.2 Å². The van der Waals surface area contributed by atoms with Crippen LogP contribution in [0.4, 0.5) is 5.13 Å². The van der Waals surface area contributed by atoms with Crippen molar-refractivity contribution in [3.63, 3.8) is 0 Å². The Balaban J connectivity index is 1.30. The molecule has 2 aromatic rings. The molecular weight excluding hydrogens is 549 g/mol. The normalized spacial score (nSPS) is 22.4. The minimum absolute atomic E-state index is 0.00929. The fraction of sp³-hybridized carbons (Fsp3) is 0.474. The molecule has 0 aromatic carbocycles. The number of thioether (sulfide) groups is 2. The number of carboxylic acid groups (broad SMARTS) is 1. The number of fused-ring (bicyclic) bond motifs is 1. The number of nitrogens with zero attached hydrogens (tertiary/aromatic N) is 6. The first kappa shape index (κ1) is 24.9. The molecule has 2 aliphatic heterocycles. The Morgan fingerprint density at radius 1 is 1.33 bits per heavy atom. The highest BCUT2D eigenvalue weighted by atomic mass is 32.2. The van der Waals surface area contributed by atoms with Crippen LogP contribution in [0.2, 0.25) is 0 Å². The summed E-state index contributed by atoms with van der Waals surface area (Å²) in [5.74, 6) is -1.63. The number of oxime groups is 1. The van der Waals surface area contributed by atoms with Crippen molar-refractivity contribution in [2.75, 3.05) is 17.2 Å². The van der Waals surface area contributed by atoms with Crippen LogP contribution in [0.15, 0.2) is 27.1 Å². The van der Waals surface area contributed by atoms with Crippen LogP contribution in [-0.4, -0.2) is 81.2 Å². The van der Waals surface area contributed by atoms with Crippen LogP contribution in [0, 0.1) is 0 Å². The van der Waals surface area contributed by atoms with E-state index in [1.807, 2.05) is 0 Å². The smallest absolute Gasteiger partial charge is 0.352 e. The number of nitrogens with one attached hydrogen (secondary N) is 1. The molecule has 2 aromatic heterocycles. The van der Waals surface area contributed by atoms with Gasteiger partial charge in [0.2, 0.25) is 11.5 Å². The maximum atomic E-state index is 13.1. The largest absolute Gasteiger partial charge is 0.477 e. The predicted molar refractivity (Wildman–Crippen MR) is 135 cm³/mol. The van der Waals surface area contributed by atoms with E-state index >= 15 is 0 Å². The summed E-state index contributed by atoms with van der Waals surface area (Å²) >= 11 is 4.88. The van der Waals surface area contributed by atoms with Gasteiger partial charge in [-0.1, -0.05) is 16.9 Å². The van der Waals surface area contributed by atoms with E-state index in [0.717, 1.165) is 37.2 Å². The number of rotatable bonds is 9. The number of carbonyl (C=O) groups excluding carboxylic acids is 2. The van der Waals surface area contributed by atoms with Gasteiger partial charge in [-0.25, -0.2) is 9.78 Å². The van der Waals surface area contributed by atoms with Gasteiger partial charge in [-0.15, -0.1) is 11.8 Å². The van der Waals surface area contributed by atoms with Crippen LogP contribution in [0.25, 0.3) is 0 Å². The molecule has 4 N–H and O–H groups in total. The van der Waals surface area contributed by atoms with Crippen LogP contribution in [0.1, 0.15) is 31.5 Å². The first-order valence-electron chi connectivity index (χ1n) is 10.9. The molecule has 4 heterocycles. The average molecular weight is 569 g/mol. The van der Waals surface area contributed by atoms with Crippen molar-refractivity contribution in [1.29, 1.82) is 0 Å². The molecule has 0 spiro atoms. The lowest BCUT2D eigenvalue weighted by atomic mass is 10.0. The number of aromatic nitrogens is 4. The number of nitrogen functional groups attached to an aromatic ring is 1. The molecule has 13 nitrogen and oxygen atoms in total. The maximum Gasteiger partial charge on any atom is 0.352 e. The zero-order chi connectivity index (χ0) is 25.2. The fourth-order valence-electron chi connectivity index (χ4n) is 4.02. The number of carboxylic acids is 1. The van der Waals surface area contributed by atoms with E-state index < -0.39 is 29.2 Å². The summed E-state index contributed by atoms with van der Waals surface area (Å²) in [6.45, 7) is 0. The quantitative estimate of drug-likeness (QED) is 0.170. The Morgan fingerprint density at radius 3 is 2.81 bits per heavy atom. The van der Waals surface area contributed by atoms with Crippen LogP contribution in [0.5, 0.6) is 0 Å². The summed E-state index contributed by atoms with van der Waals surface area (Å²) in [4.78, 5) is 53.1. The zero-order valence-electron chi connectivity index (χ0n) is 18.5. The summed E-state index contributed by atoms with van der Waals surface area (Å²) in [6, 6.07) is -0.929. The Morgan fingerprint density at radius 2 is 2.14 bits per heavy atom. The van der Waals surface area contributed by atoms with Crippen LogP contribution in [0.3, 0.4) is 0 Å². The van der Waals surface area contributed by atoms with Crippen LogP contribution < -0.4 is 11.1 Å². The standard InChI is InChI=1S/C19H20N8O5S4/c20-18-24-13(26-35-18)10(25-32-9-3-1-2-4-9)14(28)23-11-15(29)27-12(17(30)31)8(5-33-16(11)27)6-34-19-21-7-22-36-19/h7,9,11,16H,1-6H2,(H,23,28)(H,30,31)(H2,20,24,26)/t11?,16-/m0/s1. The minimum atomic E-state index is -1.19. The van der Waals surface area contributed by atoms with Crippen molar-refractivity contribution in [3.05, 3.63) is 23.4 Å². The van der Waals surface area contributed by atoms with E-state index in [1.165, 1.54) is 46.3 Å². The van der Waals surface area contributed by atoms with Gasteiger partial charge in [-0.3, -0.25) is 14.5 Å². The lowest BCUT2D eigenvalue weighted by Crippen LogP contribution is -2.71. The summed E-state index contributed by atoms with van der Waals surface area (Å²) in [5, 5.41) is 16.1. The minimum Gasteiger partial charge on any atom is -0.477 e. The van der Waals surface area contributed by atoms with Gasteiger partial charge in [0.05, 0.1) is 0 Å². The number of hydrogen-bond acceptors (Lipinski definition) is 14. The second-order valence-corrected chi connectivity index (χ2v) is 11.9. The van der Waals surface area contributed by atoms with Gasteiger partial charge in [0, 0.05) is 23.0 Å². The molecule has 1 unspecified atom stereocenters. The molecule has 1 aliphatic carbocycles. The summed E-state index contributed by atoms with van der Waals surface area (Å²) < 4.78 is 8.70. The van der Waals surface area contributed by atoms with Gasteiger partial charge in [-0.05, 0) is 42.8 Å². The topological polar surface area (TPSA) is 186 Å². The van der Waals surface area contributed by atoms with Crippen molar-refractivity contribution in [2.45, 2.75) is 47.5 Å². The van der Waals surface area contributed by atoms with Crippen molar-refractivity contribution in [2.24, 2.45) is 5.16 Å². The third kappa shape index (κ3) is 5.05. The maximum absolute atomic E-state index is 13.1. The first-order valence-corrected chi connectivity index (χ1v) is 14.4. The Labute approximate surface area is 221 Å². The predicted octanol–water partition coefficient (Wildman–Crippen LogP) is 1.17. The molecule has 190 valence electrons. The molecule has 0 bridgehead atoms. The Hall–Kier alpha value is -2.76. The molecule has 1 saturated heterocycles. The number of hydrogen-bond donors (Lipinski definition) is 3. The van der Waals surface area contributed by atoms with Gasteiger partial charge < -0.3 is 21.0 Å². The molecule has 36 heavy (non-hydrogen) atoms. The lowest BCUT2D eigenvalue weighted by Gasteiger charge is -2.49. The van der Waals surface area contributed by atoms with E-state index in [9.17, 15) is 19.5 Å². The second-order valence-electron chi connectivity index (χ2n) is 8.02. The number of amides is 2. The molecule has 17 heteroatoms.